The Kier molecular flexibility index (Phi) is 7.23. The number of nitrogens with zero attached hydrogens (tertiary/aromatic N) is 1. The van der Waals surface area contributed by atoms with Crippen LogP contribution in [0.15, 0.2) is 46.7 Å². The maximum absolute atomic E-state index is 12.8. The summed E-state index contributed by atoms with van der Waals surface area (Å²) in [5.41, 5.74) is 0.588. The summed E-state index contributed by atoms with van der Waals surface area (Å²) >= 11 is 1.65. The van der Waals surface area contributed by atoms with Crippen molar-refractivity contribution >= 4 is 33.0 Å². The lowest BCUT2D eigenvalue weighted by molar-refractivity contribution is -0.115. The van der Waals surface area contributed by atoms with Gasteiger partial charge in [-0.15, -0.1) is 11.3 Å². The highest BCUT2D eigenvalue weighted by atomic mass is 32.2. The highest BCUT2D eigenvalue weighted by Crippen LogP contribution is 2.22. The van der Waals surface area contributed by atoms with Crippen LogP contribution in [-0.2, 0) is 14.8 Å². The van der Waals surface area contributed by atoms with Crippen LogP contribution < -0.4 is 10.6 Å². The molecule has 2 aromatic rings. The topological polar surface area (TPSA) is 78.5 Å². The van der Waals surface area contributed by atoms with Gasteiger partial charge in [0.2, 0.25) is 15.9 Å². The minimum Gasteiger partial charge on any atom is -0.325 e. The normalized spacial score (nSPS) is 17.0. The van der Waals surface area contributed by atoms with Crippen molar-refractivity contribution in [2.75, 3.05) is 25.0 Å². The van der Waals surface area contributed by atoms with E-state index in [1.165, 1.54) is 4.88 Å². The minimum absolute atomic E-state index is 0.104. The number of thiophene rings is 1. The van der Waals surface area contributed by atoms with Crippen molar-refractivity contribution in [2.24, 2.45) is 0 Å². The van der Waals surface area contributed by atoms with E-state index in [2.05, 4.69) is 10.6 Å². The lowest BCUT2D eigenvalue weighted by atomic mass is 10.2. The van der Waals surface area contributed by atoms with Gasteiger partial charge in [-0.05, 0) is 55.5 Å². The molecule has 0 spiro atoms. The fraction of sp³-hybridized carbons (Fsp3) is 0.450. The maximum Gasteiger partial charge on any atom is 0.243 e. The van der Waals surface area contributed by atoms with E-state index in [0.29, 0.717) is 18.8 Å². The van der Waals surface area contributed by atoms with Gasteiger partial charge in [0, 0.05) is 29.7 Å². The van der Waals surface area contributed by atoms with Gasteiger partial charge < -0.3 is 10.6 Å². The molecule has 1 fully saturated rings. The first kappa shape index (κ1) is 21.0. The van der Waals surface area contributed by atoms with Crippen LogP contribution in [0, 0.1) is 0 Å². The third kappa shape index (κ3) is 5.41. The van der Waals surface area contributed by atoms with Gasteiger partial charge >= 0.3 is 0 Å². The first-order valence-corrected chi connectivity index (χ1v) is 12.0. The van der Waals surface area contributed by atoms with Crippen LogP contribution >= 0.6 is 11.3 Å². The van der Waals surface area contributed by atoms with Crippen LogP contribution in [-0.4, -0.2) is 38.3 Å². The van der Waals surface area contributed by atoms with Gasteiger partial charge in [0.25, 0.3) is 0 Å². The second kappa shape index (κ2) is 9.65. The van der Waals surface area contributed by atoms with Crippen LogP contribution in [0.3, 0.4) is 0 Å². The summed E-state index contributed by atoms with van der Waals surface area (Å²) < 4.78 is 27.2. The minimum atomic E-state index is -3.47. The molecule has 0 radical (unpaired) electrons. The van der Waals surface area contributed by atoms with E-state index >= 15 is 0 Å². The molecule has 28 heavy (non-hydrogen) atoms. The molecule has 6 nitrogen and oxygen atoms in total. The van der Waals surface area contributed by atoms with Crippen molar-refractivity contribution in [1.29, 1.82) is 0 Å². The number of benzene rings is 1. The van der Waals surface area contributed by atoms with Gasteiger partial charge in [0.05, 0.1) is 11.4 Å². The molecule has 3 rings (SSSR count). The van der Waals surface area contributed by atoms with E-state index in [-0.39, 0.29) is 23.4 Å². The van der Waals surface area contributed by atoms with Crippen molar-refractivity contribution < 1.29 is 13.2 Å². The molecule has 0 unspecified atom stereocenters. The van der Waals surface area contributed by atoms with Gasteiger partial charge in [0.15, 0.2) is 0 Å². The Hall–Kier alpha value is -1.74. The molecule has 1 saturated heterocycles. The zero-order chi connectivity index (χ0) is 20.0. The summed E-state index contributed by atoms with van der Waals surface area (Å²) in [7, 11) is -3.47. The third-order valence-electron chi connectivity index (χ3n) is 4.88. The Morgan fingerprint density at radius 3 is 2.39 bits per heavy atom. The summed E-state index contributed by atoms with van der Waals surface area (Å²) in [6, 6.07) is 10.5. The predicted molar refractivity (Wildman–Crippen MR) is 113 cm³/mol. The average molecular weight is 422 g/mol. The fourth-order valence-corrected chi connectivity index (χ4v) is 5.51. The molecule has 1 aromatic heterocycles. The van der Waals surface area contributed by atoms with Gasteiger partial charge in [0.1, 0.15) is 0 Å². The molecular formula is C20H27N3O3S2. The Labute approximate surface area is 171 Å². The van der Waals surface area contributed by atoms with Gasteiger partial charge in [-0.3, -0.25) is 4.79 Å². The molecule has 8 heteroatoms. The van der Waals surface area contributed by atoms with E-state index in [1.54, 1.807) is 39.9 Å². The Balaban J connectivity index is 1.55. The highest BCUT2D eigenvalue weighted by molar-refractivity contribution is 7.89. The monoisotopic (exact) mass is 421 g/mol. The average Bonchev–Trinajstić information content (AvgIpc) is 3.08. The van der Waals surface area contributed by atoms with Gasteiger partial charge in [-0.25, -0.2) is 8.42 Å². The van der Waals surface area contributed by atoms with E-state index < -0.39 is 10.0 Å². The number of hydrogen-bond donors (Lipinski definition) is 2. The summed E-state index contributed by atoms with van der Waals surface area (Å²) in [6.07, 6.45) is 3.97. The summed E-state index contributed by atoms with van der Waals surface area (Å²) in [6.45, 7) is 3.36. The quantitative estimate of drug-likeness (QED) is 0.716. The summed E-state index contributed by atoms with van der Waals surface area (Å²) in [5.74, 6) is -0.161. The molecule has 1 atom stereocenters. The van der Waals surface area contributed by atoms with Crippen molar-refractivity contribution in [1.82, 2.24) is 9.62 Å². The van der Waals surface area contributed by atoms with Crippen LogP contribution in [0.25, 0.3) is 0 Å². The molecule has 0 bridgehead atoms. The molecule has 0 aliphatic carbocycles. The molecule has 1 aromatic carbocycles. The SMILES string of the molecule is C[C@H](NCC(=O)Nc1ccc(S(=O)(=O)N2CCCCCC2)cc1)c1cccs1. The molecule has 152 valence electrons. The van der Waals surface area contributed by atoms with Crippen molar-refractivity contribution in [2.45, 2.75) is 43.5 Å². The van der Waals surface area contributed by atoms with Gasteiger partial charge in [-0.2, -0.15) is 4.31 Å². The second-order valence-electron chi connectivity index (χ2n) is 7.01. The lowest BCUT2D eigenvalue weighted by Gasteiger charge is -2.20. The van der Waals surface area contributed by atoms with E-state index in [0.717, 1.165) is 25.7 Å². The fourth-order valence-electron chi connectivity index (χ4n) is 3.23. The van der Waals surface area contributed by atoms with Gasteiger partial charge in [-0.1, -0.05) is 18.9 Å². The largest absolute Gasteiger partial charge is 0.325 e. The maximum atomic E-state index is 12.8. The first-order chi connectivity index (χ1) is 13.5. The van der Waals surface area contributed by atoms with Crippen LogP contribution in [0.1, 0.15) is 43.5 Å². The van der Waals surface area contributed by atoms with Crippen molar-refractivity contribution in [3.8, 4) is 0 Å². The molecule has 2 heterocycles. The predicted octanol–water partition coefficient (Wildman–Crippen LogP) is 3.60. The molecule has 1 amide bonds. The number of rotatable bonds is 7. The number of carbonyl (C=O) groups excluding carboxylic acids is 1. The Morgan fingerprint density at radius 1 is 1.11 bits per heavy atom. The van der Waals surface area contributed by atoms with Crippen LogP contribution in [0.4, 0.5) is 5.69 Å². The number of hydrogen-bond acceptors (Lipinski definition) is 5. The zero-order valence-corrected chi connectivity index (χ0v) is 17.7. The van der Waals surface area contributed by atoms with Crippen LogP contribution in [0.5, 0.6) is 0 Å². The number of carbonyl (C=O) groups is 1. The second-order valence-corrected chi connectivity index (χ2v) is 9.93. The lowest BCUT2D eigenvalue weighted by Crippen LogP contribution is -2.32. The molecule has 2 N–H and O–H groups in total. The molecule has 1 aliphatic rings. The Bertz CT molecular complexity index is 857. The first-order valence-electron chi connectivity index (χ1n) is 9.63. The zero-order valence-electron chi connectivity index (χ0n) is 16.1. The molecule has 0 saturated carbocycles. The molecular weight excluding hydrogens is 394 g/mol. The van der Waals surface area contributed by atoms with E-state index in [4.69, 9.17) is 0 Å². The van der Waals surface area contributed by atoms with E-state index in [9.17, 15) is 13.2 Å². The molecule has 1 aliphatic heterocycles. The standard InChI is InChI=1S/C20H27N3O3S2/c1-16(19-7-6-14-27-19)21-15-20(24)22-17-8-10-18(11-9-17)28(25,26)23-12-4-2-3-5-13-23/h6-11,14,16,21H,2-5,12-13,15H2,1H3,(H,22,24)/t16-/m0/s1. The number of anilines is 1. The van der Waals surface area contributed by atoms with Crippen LogP contribution in [0.2, 0.25) is 0 Å². The third-order valence-corrected chi connectivity index (χ3v) is 7.85. The van der Waals surface area contributed by atoms with E-state index in [1.807, 2.05) is 24.4 Å². The smallest absolute Gasteiger partial charge is 0.243 e. The number of amides is 1. The Morgan fingerprint density at radius 2 is 1.79 bits per heavy atom. The van der Waals surface area contributed by atoms with Crippen molar-refractivity contribution in [3.63, 3.8) is 0 Å². The number of sulfonamides is 1. The summed E-state index contributed by atoms with van der Waals surface area (Å²) in [4.78, 5) is 13.6. The summed E-state index contributed by atoms with van der Waals surface area (Å²) in [5, 5.41) is 8.00. The van der Waals surface area contributed by atoms with Crippen molar-refractivity contribution in [3.05, 3.63) is 46.7 Å². The number of nitrogens with one attached hydrogen (secondary N) is 2. The highest BCUT2D eigenvalue weighted by Gasteiger charge is 2.25.